The fourth-order valence-electron chi connectivity index (χ4n) is 2.63. The Morgan fingerprint density at radius 3 is 2.61 bits per heavy atom. The quantitative estimate of drug-likeness (QED) is 0.801. The van der Waals surface area contributed by atoms with Gasteiger partial charge in [-0.05, 0) is 29.8 Å². The van der Waals surface area contributed by atoms with Crippen LogP contribution >= 0.6 is 11.6 Å². The van der Waals surface area contributed by atoms with E-state index in [0.717, 1.165) is 38.4 Å². The van der Waals surface area contributed by atoms with Gasteiger partial charge in [0, 0.05) is 30.8 Å². The fourth-order valence-corrected chi connectivity index (χ4v) is 2.81. The molecule has 0 aliphatic carbocycles. The lowest BCUT2D eigenvalue weighted by molar-refractivity contribution is 0.0342. The van der Waals surface area contributed by atoms with Gasteiger partial charge in [0.05, 0.1) is 18.2 Å². The number of rotatable bonds is 4. The third-order valence-corrected chi connectivity index (χ3v) is 4.17. The molecule has 3 rings (SSSR count). The highest BCUT2D eigenvalue weighted by Crippen LogP contribution is 2.19. The third kappa shape index (κ3) is 3.96. The van der Waals surface area contributed by atoms with Crippen molar-refractivity contribution < 1.29 is 13.9 Å². The molecule has 0 radical (unpaired) electrons. The Morgan fingerprint density at radius 1 is 1.13 bits per heavy atom. The van der Waals surface area contributed by atoms with Crippen LogP contribution in [0.1, 0.15) is 21.5 Å². The molecular weight excluding hydrogens is 317 g/mol. The number of carbonyl (C=O) groups excluding carboxylic acids is 1. The molecule has 0 spiro atoms. The lowest BCUT2D eigenvalue weighted by Crippen LogP contribution is -2.35. The number of benzene rings is 2. The van der Waals surface area contributed by atoms with E-state index in [2.05, 4.69) is 4.90 Å². The van der Waals surface area contributed by atoms with Gasteiger partial charge < -0.3 is 4.74 Å². The van der Waals surface area contributed by atoms with Crippen LogP contribution in [0, 0.1) is 5.82 Å². The van der Waals surface area contributed by atoms with E-state index in [0.29, 0.717) is 11.1 Å². The highest BCUT2D eigenvalue weighted by Gasteiger charge is 2.14. The standard InChI is InChI=1S/C18H17ClFNO2/c19-16-11-15(4-5-17(16)20)18(22)14-3-1-2-13(10-14)12-21-6-8-23-9-7-21/h1-5,10-11H,6-9,12H2. The number of ketones is 1. The normalized spacial score (nSPS) is 15.6. The number of ether oxygens (including phenoxy) is 1. The molecule has 1 heterocycles. The van der Waals surface area contributed by atoms with Crippen molar-refractivity contribution in [2.45, 2.75) is 6.54 Å². The van der Waals surface area contributed by atoms with Crippen LogP contribution < -0.4 is 0 Å². The Hall–Kier alpha value is -1.75. The molecule has 0 atom stereocenters. The topological polar surface area (TPSA) is 29.5 Å². The van der Waals surface area contributed by atoms with E-state index < -0.39 is 5.82 Å². The molecule has 2 aromatic carbocycles. The molecule has 0 aromatic heterocycles. The summed E-state index contributed by atoms with van der Waals surface area (Å²) in [6.07, 6.45) is 0. The Labute approximate surface area is 139 Å². The summed E-state index contributed by atoms with van der Waals surface area (Å²) in [5, 5.41) is -0.0414. The van der Waals surface area contributed by atoms with Gasteiger partial charge in [-0.2, -0.15) is 0 Å². The zero-order valence-electron chi connectivity index (χ0n) is 12.6. The van der Waals surface area contributed by atoms with Crippen molar-refractivity contribution in [1.29, 1.82) is 0 Å². The molecule has 3 nitrogen and oxygen atoms in total. The number of nitrogens with zero attached hydrogens (tertiary/aromatic N) is 1. The van der Waals surface area contributed by atoms with E-state index in [1.54, 1.807) is 6.07 Å². The van der Waals surface area contributed by atoms with Gasteiger partial charge in [0.1, 0.15) is 5.82 Å². The average Bonchev–Trinajstić information content (AvgIpc) is 2.58. The van der Waals surface area contributed by atoms with Crippen molar-refractivity contribution in [3.63, 3.8) is 0 Å². The Bertz CT molecular complexity index is 714. The largest absolute Gasteiger partial charge is 0.379 e. The van der Waals surface area contributed by atoms with Gasteiger partial charge in [-0.1, -0.05) is 29.8 Å². The fraction of sp³-hybridized carbons (Fsp3) is 0.278. The van der Waals surface area contributed by atoms with E-state index >= 15 is 0 Å². The number of hydrogen-bond acceptors (Lipinski definition) is 3. The maximum Gasteiger partial charge on any atom is 0.193 e. The van der Waals surface area contributed by atoms with Crippen molar-refractivity contribution >= 4 is 17.4 Å². The average molecular weight is 334 g/mol. The Kier molecular flexibility index (Phi) is 5.06. The molecule has 2 aromatic rings. The molecule has 0 amide bonds. The minimum atomic E-state index is -0.524. The van der Waals surface area contributed by atoms with Crippen molar-refractivity contribution in [2.24, 2.45) is 0 Å². The molecule has 0 N–H and O–H groups in total. The lowest BCUT2D eigenvalue weighted by Gasteiger charge is -2.26. The predicted octanol–water partition coefficient (Wildman–Crippen LogP) is 3.54. The number of halogens is 2. The van der Waals surface area contributed by atoms with Gasteiger partial charge in [0.15, 0.2) is 5.78 Å². The summed E-state index contributed by atoms with van der Waals surface area (Å²) in [5.74, 6) is -0.681. The first-order chi connectivity index (χ1) is 11.1. The SMILES string of the molecule is O=C(c1cccc(CN2CCOCC2)c1)c1ccc(F)c(Cl)c1. The second-order valence-electron chi connectivity index (χ2n) is 5.55. The first-order valence-electron chi connectivity index (χ1n) is 7.52. The molecule has 23 heavy (non-hydrogen) atoms. The van der Waals surface area contributed by atoms with Gasteiger partial charge in [-0.15, -0.1) is 0 Å². The minimum absolute atomic E-state index is 0.0414. The third-order valence-electron chi connectivity index (χ3n) is 3.88. The van der Waals surface area contributed by atoms with Crippen LogP contribution in [0.25, 0.3) is 0 Å². The Balaban J connectivity index is 1.78. The van der Waals surface area contributed by atoms with Crippen LogP contribution in [0.3, 0.4) is 0 Å². The van der Waals surface area contributed by atoms with Gasteiger partial charge in [0.2, 0.25) is 0 Å². The maximum absolute atomic E-state index is 13.2. The zero-order valence-corrected chi connectivity index (χ0v) is 13.4. The summed E-state index contributed by atoms with van der Waals surface area (Å²) in [6, 6.07) is 11.6. The lowest BCUT2D eigenvalue weighted by atomic mass is 10.0. The molecule has 0 saturated carbocycles. The van der Waals surface area contributed by atoms with Gasteiger partial charge >= 0.3 is 0 Å². The summed E-state index contributed by atoms with van der Waals surface area (Å²) in [7, 11) is 0. The molecule has 1 saturated heterocycles. The second-order valence-corrected chi connectivity index (χ2v) is 5.95. The van der Waals surface area contributed by atoms with Crippen molar-refractivity contribution in [3.05, 3.63) is 70.0 Å². The molecule has 1 aliphatic heterocycles. The number of hydrogen-bond donors (Lipinski definition) is 0. The number of morpholine rings is 1. The first-order valence-corrected chi connectivity index (χ1v) is 7.90. The molecule has 120 valence electrons. The van der Waals surface area contributed by atoms with Crippen LogP contribution in [0.2, 0.25) is 5.02 Å². The summed E-state index contributed by atoms with van der Waals surface area (Å²) in [5.41, 5.74) is 2.05. The van der Waals surface area contributed by atoms with Crippen LogP contribution in [0.4, 0.5) is 4.39 Å². The maximum atomic E-state index is 13.2. The molecule has 0 bridgehead atoms. The predicted molar refractivity (Wildman–Crippen MR) is 87.4 cm³/mol. The molecule has 0 unspecified atom stereocenters. The van der Waals surface area contributed by atoms with Crippen LogP contribution in [-0.4, -0.2) is 37.0 Å². The second kappa shape index (κ2) is 7.21. The number of carbonyl (C=O) groups is 1. The molecule has 5 heteroatoms. The molecule has 1 aliphatic rings. The molecular formula is C18H17ClFNO2. The van der Waals surface area contributed by atoms with Crippen molar-refractivity contribution in [2.75, 3.05) is 26.3 Å². The summed E-state index contributed by atoms with van der Waals surface area (Å²) >= 11 is 5.76. The van der Waals surface area contributed by atoms with Crippen LogP contribution in [-0.2, 0) is 11.3 Å². The van der Waals surface area contributed by atoms with Crippen molar-refractivity contribution in [3.8, 4) is 0 Å². The molecule has 1 fully saturated rings. The van der Waals surface area contributed by atoms with Crippen LogP contribution in [0.5, 0.6) is 0 Å². The Morgan fingerprint density at radius 2 is 1.87 bits per heavy atom. The van der Waals surface area contributed by atoms with Gasteiger partial charge in [-0.3, -0.25) is 9.69 Å². The summed E-state index contributed by atoms with van der Waals surface area (Å²) in [6.45, 7) is 4.06. The van der Waals surface area contributed by atoms with E-state index in [1.165, 1.54) is 18.2 Å². The highest BCUT2D eigenvalue weighted by atomic mass is 35.5. The van der Waals surface area contributed by atoms with Crippen LogP contribution in [0.15, 0.2) is 42.5 Å². The highest BCUT2D eigenvalue weighted by molar-refractivity contribution is 6.31. The first kappa shape index (κ1) is 16.1. The summed E-state index contributed by atoms with van der Waals surface area (Å²) < 4.78 is 18.6. The van der Waals surface area contributed by atoms with Gasteiger partial charge in [0.25, 0.3) is 0 Å². The zero-order chi connectivity index (χ0) is 16.2. The van der Waals surface area contributed by atoms with E-state index in [4.69, 9.17) is 16.3 Å². The summed E-state index contributed by atoms with van der Waals surface area (Å²) in [4.78, 5) is 14.8. The van der Waals surface area contributed by atoms with E-state index in [-0.39, 0.29) is 10.8 Å². The van der Waals surface area contributed by atoms with E-state index in [9.17, 15) is 9.18 Å². The van der Waals surface area contributed by atoms with Gasteiger partial charge in [-0.25, -0.2) is 4.39 Å². The minimum Gasteiger partial charge on any atom is -0.379 e. The van der Waals surface area contributed by atoms with E-state index in [1.807, 2.05) is 18.2 Å². The smallest absolute Gasteiger partial charge is 0.193 e. The van der Waals surface area contributed by atoms with Crippen molar-refractivity contribution in [1.82, 2.24) is 4.90 Å². The monoisotopic (exact) mass is 333 g/mol.